The smallest absolute Gasteiger partial charge is 0.305 e. The van der Waals surface area contributed by atoms with Crippen LogP contribution in [0.15, 0.2) is 24.3 Å². The molecule has 2 aromatic rings. The fourth-order valence-corrected chi connectivity index (χ4v) is 4.50. The second kappa shape index (κ2) is 14.3. The van der Waals surface area contributed by atoms with Gasteiger partial charge >= 0.3 is 5.97 Å². The summed E-state index contributed by atoms with van der Waals surface area (Å²) in [5.74, 6) is -0.207. The van der Waals surface area contributed by atoms with Crippen LogP contribution in [0.2, 0.25) is 0 Å². The van der Waals surface area contributed by atoms with Gasteiger partial charge in [0.1, 0.15) is 11.6 Å². The number of Topliss-reactive ketones (excluding diaryl/α,β-unsaturated/α-hetero) is 1. The fourth-order valence-electron chi connectivity index (χ4n) is 4.50. The summed E-state index contributed by atoms with van der Waals surface area (Å²) in [6, 6.07) is 6.54. The molecule has 1 aliphatic rings. The summed E-state index contributed by atoms with van der Waals surface area (Å²) in [4.78, 5) is 39.2. The molecule has 0 aliphatic carbocycles. The van der Waals surface area contributed by atoms with E-state index in [2.05, 4.69) is 5.32 Å². The number of esters is 1. The number of benzene rings is 2. The van der Waals surface area contributed by atoms with Gasteiger partial charge in [0, 0.05) is 36.7 Å². The van der Waals surface area contributed by atoms with Gasteiger partial charge in [0.25, 0.3) is 5.91 Å². The van der Waals surface area contributed by atoms with Crippen molar-refractivity contribution in [2.75, 3.05) is 33.4 Å². The van der Waals surface area contributed by atoms with E-state index >= 15 is 0 Å². The maximum Gasteiger partial charge on any atom is 0.305 e. The topological polar surface area (TPSA) is 138 Å². The predicted octanol–water partition coefficient (Wildman–Crippen LogP) is 4.77. The summed E-state index contributed by atoms with van der Waals surface area (Å²) in [6.07, 6.45) is 0.579. The van der Waals surface area contributed by atoms with E-state index < -0.39 is 5.41 Å². The predicted molar refractivity (Wildman–Crippen MR) is 161 cm³/mol. The number of nitrogens with zero attached hydrogens (tertiary/aromatic N) is 1. The van der Waals surface area contributed by atoms with E-state index in [4.69, 9.17) is 19.6 Å². The van der Waals surface area contributed by atoms with Gasteiger partial charge in [-0.15, -0.1) is 17.0 Å². The highest BCUT2D eigenvalue weighted by atomic mass is 79.9. The molecule has 0 spiro atoms. The van der Waals surface area contributed by atoms with Crippen molar-refractivity contribution in [1.82, 2.24) is 10.2 Å². The third-order valence-corrected chi connectivity index (χ3v) is 6.54. The maximum absolute atomic E-state index is 13.5. The lowest BCUT2D eigenvalue weighted by molar-refractivity contribution is -0.143. The Morgan fingerprint density at radius 2 is 1.76 bits per heavy atom. The molecule has 1 heterocycles. The summed E-state index contributed by atoms with van der Waals surface area (Å²) in [5, 5.41) is 22.2. The van der Waals surface area contributed by atoms with E-state index in [0.717, 1.165) is 5.56 Å². The van der Waals surface area contributed by atoms with E-state index in [1.54, 1.807) is 30.0 Å². The molecule has 2 aromatic carbocycles. The average Bonchev–Trinajstić information content (AvgIpc) is 3.19. The minimum atomic E-state index is -0.480. The average molecular weight is 635 g/mol. The molecule has 3 rings (SSSR count). The molecule has 11 heteroatoms. The van der Waals surface area contributed by atoms with Crippen LogP contribution in [0.3, 0.4) is 0 Å². The zero-order chi connectivity index (χ0) is 29.6. The molecule has 0 radical (unpaired) electrons. The third kappa shape index (κ3) is 8.00. The lowest BCUT2D eigenvalue weighted by Crippen LogP contribution is -2.30. The van der Waals surface area contributed by atoms with Gasteiger partial charge in [-0.05, 0) is 55.5 Å². The van der Waals surface area contributed by atoms with Gasteiger partial charge < -0.3 is 29.5 Å². The number of amides is 1. The molecular formula is C30H40BrN3O7. The monoisotopic (exact) mass is 633 g/mol. The minimum absolute atomic E-state index is 0. The van der Waals surface area contributed by atoms with Gasteiger partial charge in [0.05, 0.1) is 31.9 Å². The van der Waals surface area contributed by atoms with Crippen LogP contribution in [0, 0.1) is 5.41 Å². The summed E-state index contributed by atoms with van der Waals surface area (Å²) < 4.78 is 16.4. The highest BCUT2D eigenvalue weighted by Crippen LogP contribution is 2.39. The van der Waals surface area contributed by atoms with Crippen LogP contribution < -0.4 is 14.8 Å². The number of fused-ring (bicyclic) bond motifs is 1. The first kappa shape index (κ1) is 33.6. The zero-order valence-corrected chi connectivity index (χ0v) is 26.2. The lowest BCUT2D eigenvalue weighted by Gasteiger charge is -2.24. The number of hydrogen-bond donors (Lipinski definition) is 3. The molecule has 224 valence electrons. The number of aromatic hydroxyl groups is 1. The largest absolute Gasteiger partial charge is 0.504 e. The third-order valence-electron chi connectivity index (χ3n) is 6.54. The van der Waals surface area contributed by atoms with Crippen molar-refractivity contribution in [3.63, 3.8) is 0 Å². The number of ether oxygens (including phenoxy) is 3. The van der Waals surface area contributed by atoms with Crippen LogP contribution >= 0.6 is 17.0 Å². The van der Waals surface area contributed by atoms with E-state index in [0.29, 0.717) is 54.2 Å². The van der Waals surface area contributed by atoms with Crippen molar-refractivity contribution in [2.45, 2.75) is 59.4 Å². The highest BCUT2D eigenvalue weighted by molar-refractivity contribution is 8.93. The number of amidine groups is 1. The first-order valence-electron chi connectivity index (χ1n) is 13.5. The van der Waals surface area contributed by atoms with Gasteiger partial charge in [-0.3, -0.25) is 19.8 Å². The molecule has 0 aromatic heterocycles. The summed E-state index contributed by atoms with van der Waals surface area (Å²) in [7, 11) is 1.53. The molecular weight excluding hydrogens is 594 g/mol. The summed E-state index contributed by atoms with van der Waals surface area (Å²) in [6.45, 7) is 10.4. The quantitative estimate of drug-likeness (QED) is 0.173. The first-order chi connectivity index (χ1) is 18.9. The second-order valence-corrected chi connectivity index (χ2v) is 10.5. The number of hydrogen-bond acceptors (Lipinski definition) is 8. The molecule has 0 bridgehead atoms. The highest BCUT2D eigenvalue weighted by Gasteiger charge is 2.30. The molecule has 0 atom stereocenters. The Hall–Kier alpha value is -3.60. The van der Waals surface area contributed by atoms with Crippen molar-refractivity contribution >= 4 is 40.5 Å². The Kier molecular flexibility index (Phi) is 11.8. The van der Waals surface area contributed by atoms with E-state index in [1.807, 2.05) is 27.7 Å². The number of phenols is 1. The lowest BCUT2D eigenvalue weighted by atomic mass is 9.84. The fraction of sp³-hybridized carbons (Fsp3) is 0.467. The van der Waals surface area contributed by atoms with Crippen LogP contribution in [-0.2, 0) is 21.5 Å². The van der Waals surface area contributed by atoms with Crippen LogP contribution in [-0.4, -0.2) is 66.9 Å². The molecule has 10 nitrogen and oxygen atoms in total. The van der Waals surface area contributed by atoms with E-state index in [1.165, 1.54) is 13.1 Å². The molecule has 1 aliphatic heterocycles. The molecule has 0 saturated carbocycles. The SMILES string of the molecule is Br.CCOC(=O)CCCOc1cc(C(=O)CN2Cc3cc(OCC)c(C(=O)NC)cc3C2=N)cc(C(C)(C)C)c1O. The number of nitrogens with one attached hydrogen (secondary N) is 2. The van der Waals surface area contributed by atoms with Crippen LogP contribution in [0.4, 0.5) is 0 Å². The molecule has 0 saturated heterocycles. The van der Waals surface area contributed by atoms with Gasteiger partial charge in [0.15, 0.2) is 17.3 Å². The standard InChI is InChI=1S/C30H39N3O7.BrH/c1-7-38-24-14-19-16-33(28(31)20(19)15-21(24)29(37)32-6)17-23(34)18-12-22(30(3,4)5)27(36)25(13-18)40-11-9-10-26(35)39-8-2;/h12-15,31,36H,7-11,16-17H2,1-6H3,(H,32,37);1H. The Labute approximate surface area is 251 Å². The zero-order valence-electron chi connectivity index (χ0n) is 24.5. The minimum Gasteiger partial charge on any atom is -0.504 e. The number of phenolic OH excluding ortho intramolecular Hbond substituents is 1. The summed E-state index contributed by atoms with van der Waals surface area (Å²) in [5.41, 5.74) is 2.11. The molecule has 3 N–H and O–H groups in total. The number of ketones is 1. The Morgan fingerprint density at radius 1 is 1.05 bits per heavy atom. The number of carbonyl (C=O) groups is 3. The van der Waals surface area contributed by atoms with Crippen LogP contribution in [0.1, 0.15) is 84.9 Å². The van der Waals surface area contributed by atoms with Crippen molar-refractivity contribution < 1.29 is 33.7 Å². The second-order valence-electron chi connectivity index (χ2n) is 10.5. The number of halogens is 1. The molecule has 1 amide bonds. The maximum atomic E-state index is 13.5. The normalized spacial score (nSPS) is 12.3. The van der Waals surface area contributed by atoms with Crippen molar-refractivity contribution in [3.8, 4) is 17.2 Å². The van der Waals surface area contributed by atoms with Crippen LogP contribution in [0.25, 0.3) is 0 Å². The Bertz CT molecular complexity index is 1300. The van der Waals surface area contributed by atoms with Crippen LogP contribution in [0.5, 0.6) is 17.2 Å². The van der Waals surface area contributed by atoms with Gasteiger partial charge in [-0.2, -0.15) is 0 Å². The van der Waals surface area contributed by atoms with Gasteiger partial charge in [-0.25, -0.2) is 0 Å². The van der Waals surface area contributed by atoms with Crippen molar-refractivity contribution in [1.29, 1.82) is 5.41 Å². The summed E-state index contributed by atoms with van der Waals surface area (Å²) >= 11 is 0. The van der Waals surface area contributed by atoms with Gasteiger partial charge in [-0.1, -0.05) is 20.8 Å². The van der Waals surface area contributed by atoms with E-state index in [-0.39, 0.29) is 71.5 Å². The molecule has 0 unspecified atom stereocenters. The first-order valence-corrected chi connectivity index (χ1v) is 13.5. The van der Waals surface area contributed by atoms with Crippen molar-refractivity contribution in [2.24, 2.45) is 0 Å². The number of carbonyl (C=O) groups excluding carboxylic acids is 3. The Balaban J connectivity index is 0.00000588. The number of rotatable bonds is 12. The van der Waals surface area contributed by atoms with Gasteiger partial charge in [0.2, 0.25) is 0 Å². The molecule has 0 fully saturated rings. The Morgan fingerprint density at radius 3 is 2.37 bits per heavy atom. The van der Waals surface area contributed by atoms with E-state index in [9.17, 15) is 19.5 Å². The molecule has 41 heavy (non-hydrogen) atoms. The van der Waals surface area contributed by atoms with Crippen molar-refractivity contribution in [3.05, 3.63) is 52.1 Å².